The third-order valence-corrected chi connectivity index (χ3v) is 3.43. The van der Waals surface area contributed by atoms with Crippen molar-refractivity contribution >= 4 is 11.7 Å². The zero-order valence-corrected chi connectivity index (χ0v) is 12.3. The molecule has 3 nitrogen and oxygen atoms in total. The molecule has 0 aliphatic carbocycles. The Bertz CT molecular complexity index is 590. The average Bonchev–Trinajstić information content (AvgIpc) is 2.50. The van der Waals surface area contributed by atoms with Gasteiger partial charge in [0.15, 0.2) is 0 Å². The third kappa shape index (κ3) is 4.35. The summed E-state index contributed by atoms with van der Waals surface area (Å²) in [5.74, 6) is -0.263. The highest BCUT2D eigenvalue weighted by Gasteiger charge is 2.05. The first kappa shape index (κ1) is 15.1. The van der Waals surface area contributed by atoms with Crippen LogP contribution in [-0.4, -0.2) is 12.6 Å². The topological polar surface area (TPSA) is 52.3 Å². The number of benzene rings is 2. The largest absolute Gasteiger partial charge is 0.462 e. The van der Waals surface area contributed by atoms with E-state index in [-0.39, 0.29) is 5.97 Å². The molecule has 0 amide bonds. The van der Waals surface area contributed by atoms with Crippen molar-refractivity contribution in [3.63, 3.8) is 0 Å². The molecule has 0 radical (unpaired) electrons. The number of para-hydroxylation sites is 1. The summed E-state index contributed by atoms with van der Waals surface area (Å²) in [4.78, 5) is 11.6. The van der Waals surface area contributed by atoms with Crippen LogP contribution in [-0.2, 0) is 17.6 Å². The first-order valence-corrected chi connectivity index (χ1v) is 7.30. The second-order valence-corrected chi connectivity index (χ2v) is 4.97. The normalized spacial score (nSPS) is 10.3. The molecule has 0 aliphatic heterocycles. The van der Waals surface area contributed by atoms with Crippen LogP contribution < -0.4 is 5.73 Å². The van der Waals surface area contributed by atoms with E-state index >= 15 is 0 Å². The highest BCUT2D eigenvalue weighted by Crippen LogP contribution is 2.15. The Morgan fingerprint density at radius 1 is 1.05 bits per heavy atom. The van der Waals surface area contributed by atoms with Crippen LogP contribution in [0.25, 0.3) is 0 Å². The second kappa shape index (κ2) is 7.48. The minimum atomic E-state index is -0.263. The van der Waals surface area contributed by atoms with Crippen molar-refractivity contribution in [2.75, 3.05) is 12.3 Å². The maximum absolute atomic E-state index is 11.6. The van der Waals surface area contributed by atoms with Crippen LogP contribution >= 0.6 is 0 Å². The molecule has 0 saturated carbocycles. The standard InChI is InChI=1S/C18H21NO2/c1-2-21-18(20)16-12-10-14(11-13-16)6-5-8-15-7-3-4-9-17(15)19/h3-4,7,9-13H,2,5-6,8,19H2,1H3. The molecule has 2 N–H and O–H groups in total. The first-order valence-electron chi connectivity index (χ1n) is 7.30. The van der Waals surface area contributed by atoms with E-state index in [0.717, 1.165) is 24.9 Å². The number of carbonyl (C=O) groups excluding carboxylic acids is 1. The lowest BCUT2D eigenvalue weighted by atomic mass is 10.0. The van der Waals surface area contributed by atoms with Crippen LogP contribution in [0.5, 0.6) is 0 Å². The number of rotatable bonds is 6. The number of hydrogen-bond donors (Lipinski definition) is 1. The van der Waals surface area contributed by atoms with E-state index in [2.05, 4.69) is 6.07 Å². The number of aryl methyl sites for hydroxylation is 2. The van der Waals surface area contributed by atoms with E-state index in [1.54, 1.807) is 0 Å². The fraction of sp³-hybridized carbons (Fsp3) is 0.278. The Labute approximate surface area is 125 Å². The fourth-order valence-corrected chi connectivity index (χ4v) is 2.27. The molecule has 110 valence electrons. The molecule has 0 aromatic heterocycles. The molecular formula is C18H21NO2. The predicted molar refractivity (Wildman–Crippen MR) is 85.3 cm³/mol. The number of ether oxygens (including phenoxy) is 1. The third-order valence-electron chi connectivity index (χ3n) is 3.43. The number of anilines is 1. The molecule has 0 spiro atoms. The van der Waals surface area contributed by atoms with Gasteiger partial charge in [-0.2, -0.15) is 0 Å². The molecule has 0 atom stereocenters. The highest BCUT2D eigenvalue weighted by atomic mass is 16.5. The van der Waals surface area contributed by atoms with Gasteiger partial charge in [0, 0.05) is 5.69 Å². The monoisotopic (exact) mass is 283 g/mol. The van der Waals surface area contributed by atoms with Crippen LogP contribution in [0, 0.1) is 0 Å². The van der Waals surface area contributed by atoms with Gasteiger partial charge in [0.25, 0.3) is 0 Å². The Morgan fingerprint density at radius 2 is 1.76 bits per heavy atom. The molecule has 0 fully saturated rings. The van der Waals surface area contributed by atoms with Crippen LogP contribution in [0.4, 0.5) is 5.69 Å². The summed E-state index contributed by atoms with van der Waals surface area (Å²) < 4.78 is 4.97. The number of esters is 1. The summed E-state index contributed by atoms with van der Waals surface area (Å²) in [5, 5.41) is 0. The van der Waals surface area contributed by atoms with Crippen LogP contribution in [0.2, 0.25) is 0 Å². The van der Waals surface area contributed by atoms with E-state index in [0.29, 0.717) is 12.2 Å². The van der Waals surface area contributed by atoms with Crippen molar-refractivity contribution in [3.05, 3.63) is 65.2 Å². The summed E-state index contributed by atoms with van der Waals surface area (Å²) in [6.07, 6.45) is 2.97. The minimum absolute atomic E-state index is 0.263. The SMILES string of the molecule is CCOC(=O)c1ccc(CCCc2ccccc2N)cc1. The summed E-state index contributed by atoms with van der Waals surface area (Å²) >= 11 is 0. The zero-order chi connectivity index (χ0) is 15.1. The van der Waals surface area contributed by atoms with Crippen molar-refractivity contribution in [2.45, 2.75) is 26.2 Å². The summed E-state index contributed by atoms with van der Waals surface area (Å²) in [7, 11) is 0. The van der Waals surface area contributed by atoms with Crippen molar-refractivity contribution < 1.29 is 9.53 Å². The molecule has 2 aromatic carbocycles. The van der Waals surface area contributed by atoms with Gasteiger partial charge in [-0.05, 0) is 55.5 Å². The van der Waals surface area contributed by atoms with Crippen molar-refractivity contribution in [2.24, 2.45) is 0 Å². The smallest absolute Gasteiger partial charge is 0.338 e. The first-order chi connectivity index (χ1) is 10.2. The van der Waals surface area contributed by atoms with E-state index < -0.39 is 0 Å². The van der Waals surface area contributed by atoms with Gasteiger partial charge in [-0.25, -0.2) is 4.79 Å². The number of hydrogen-bond acceptors (Lipinski definition) is 3. The van der Waals surface area contributed by atoms with Gasteiger partial charge in [0.05, 0.1) is 12.2 Å². The van der Waals surface area contributed by atoms with Crippen LogP contribution in [0.15, 0.2) is 48.5 Å². The molecule has 3 heteroatoms. The Morgan fingerprint density at radius 3 is 2.43 bits per heavy atom. The van der Waals surface area contributed by atoms with Crippen molar-refractivity contribution in [1.29, 1.82) is 0 Å². The molecule has 2 rings (SSSR count). The van der Waals surface area contributed by atoms with Crippen molar-refractivity contribution in [1.82, 2.24) is 0 Å². The van der Waals surface area contributed by atoms with Crippen LogP contribution in [0.1, 0.15) is 34.8 Å². The number of nitrogen functional groups attached to an aromatic ring is 1. The van der Waals surface area contributed by atoms with E-state index in [1.165, 1.54) is 11.1 Å². The van der Waals surface area contributed by atoms with Gasteiger partial charge in [-0.1, -0.05) is 30.3 Å². The molecule has 0 unspecified atom stereocenters. The van der Waals surface area contributed by atoms with E-state index in [1.807, 2.05) is 49.4 Å². The Hall–Kier alpha value is -2.29. The van der Waals surface area contributed by atoms with Gasteiger partial charge in [0.1, 0.15) is 0 Å². The van der Waals surface area contributed by atoms with Gasteiger partial charge >= 0.3 is 5.97 Å². The maximum atomic E-state index is 11.6. The van der Waals surface area contributed by atoms with Gasteiger partial charge in [-0.3, -0.25) is 0 Å². The molecule has 2 aromatic rings. The molecule has 0 aliphatic rings. The number of carbonyl (C=O) groups is 1. The number of nitrogens with two attached hydrogens (primary N) is 1. The van der Waals surface area contributed by atoms with E-state index in [4.69, 9.17) is 10.5 Å². The Balaban J connectivity index is 1.87. The average molecular weight is 283 g/mol. The predicted octanol–water partition coefficient (Wildman–Crippen LogP) is 3.62. The highest BCUT2D eigenvalue weighted by molar-refractivity contribution is 5.89. The summed E-state index contributed by atoms with van der Waals surface area (Å²) in [6.45, 7) is 2.21. The second-order valence-electron chi connectivity index (χ2n) is 4.97. The maximum Gasteiger partial charge on any atom is 0.338 e. The lowest BCUT2D eigenvalue weighted by molar-refractivity contribution is 0.0526. The lowest BCUT2D eigenvalue weighted by Crippen LogP contribution is -2.04. The van der Waals surface area contributed by atoms with E-state index in [9.17, 15) is 4.79 Å². The Kier molecular flexibility index (Phi) is 5.38. The quantitative estimate of drug-likeness (QED) is 0.650. The molecular weight excluding hydrogens is 262 g/mol. The van der Waals surface area contributed by atoms with Crippen molar-refractivity contribution in [3.8, 4) is 0 Å². The fourth-order valence-electron chi connectivity index (χ4n) is 2.27. The van der Waals surface area contributed by atoms with Gasteiger partial charge < -0.3 is 10.5 Å². The zero-order valence-electron chi connectivity index (χ0n) is 12.3. The molecule has 0 bridgehead atoms. The minimum Gasteiger partial charge on any atom is -0.462 e. The van der Waals surface area contributed by atoms with Crippen LogP contribution in [0.3, 0.4) is 0 Å². The van der Waals surface area contributed by atoms with Gasteiger partial charge in [0.2, 0.25) is 0 Å². The summed E-state index contributed by atoms with van der Waals surface area (Å²) in [5.41, 5.74) is 9.81. The molecule has 21 heavy (non-hydrogen) atoms. The van der Waals surface area contributed by atoms with Gasteiger partial charge in [-0.15, -0.1) is 0 Å². The molecule has 0 saturated heterocycles. The summed E-state index contributed by atoms with van der Waals surface area (Å²) in [6, 6.07) is 15.6. The molecule has 0 heterocycles. The lowest BCUT2D eigenvalue weighted by Gasteiger charge is -2.06.